The van der Waals surface area contributed by atoms with Crippen LogP contribution in [-0.2, 0) is 18.7 Å². The zero-order chi connectivity index (χ0) is 16.3. The number of esters is 1. The smallest absolute Gasteiger partial charge is 0.308 e. The Labute approximate surface area is 130 Å². The summed E-state index contributed by atoms with van der Waals surface area (Å²) >= 11 is 0. The van der Waals surface area contributed by atoms with E-state index in [0.717, 1.165) is 6.42 Å². The fraction of sp³-hybridized carbons (Fsp3) is 0.938. The molecule has 1 rings (SSSR count). The Kier molecular flexibility index (Phi) is 6.44. The quantitative estimate of drug-likeness (QED) is 0.553. The fourth-order valence-electron chi connectivity index (χ4n) is 2.26. The van der Waals surface area contributed by atoms with Gasteiger partial charge >= 0.3 is 5.97 Å². The zero-order valence-electron chi connectivity index (χ0n) is 14.7. The second-order valence-electron chi connectivity index (χ2n) is 7.59. The standard InChI is InChI=1S/C16H32O4Si/c1-8-18-15(17)10-14-12(2)9-13(20-14)11-19-21(6,7)16(3,4)5/h12-14H,8-11H2,1-7H3/t12-,13-,14+/m1/s1. The summed E-state index contributed by atoms with van der Waals surface area (Å²) in [4.78, 5) is 11.6. The van der Waals surface area contributed by atoms with E-state index >= 15 is 0 Å². The molecule has 21 heavy (non-hydrogen) atoms. The molecule has 0 aromatic carbocycles. The number of carbonyl (C=O) groups is 1. The van der Waals surface area contributed by atoms with Gasteiger partial charge < -0.3 is 13.9 Å². The van der Waals surface area contributed by atoms with Gasteiger partial charge in [0.2, 0.25) is 0 Å². The first-order chi connectivity index (χ1) is 9.56. The maximum atomic E-state index is 11.6. The molecule has 0 amide bonds. The highest BCUT2D eigenvalue weighted by Crippen LogP contribution is 2.37. The largest absolute Gasteiger partial charge is 0.466 e. The molecule has 0 unspecified atom stereocenters. The van der Waals surface area contributed by atoms with E-state index in [0.29, 0.717) is 25.6 Å². The second kappa shape index (κ2) is 7.25. The summed E-state index contributed by atoms with van der Waals surface area (Å²) in [7, 11) is -1.73. The highest BCUT2D eigenvalue weighted by atomic mass is 28.4. The van der Waals surface area contributed by atoms with Crippen LogP contribution in [0.4, 0.5) is 0 Å². The predicted octanol–water partition coefficient (Wildman–Crippen LogP) is 3.76. The second-order valence-corrected chi connectivity index (χ2v) is 12.4. The van der Waals surface area contributed by atoms with Crippen molar-refractivity contribution < 1.29 is 18.7 Å². The molecule has 5 heteroatoms. The summed E-state index contributed by atoms with van der Waals surface area (Å²) in [6.45, 7) is 16.2. The average molecular weight is 317 g/mol. The van der Waals surface area contributed by atoms with Gasteiger partial charge in [0, 0.05) is 0 Å². The third kappa shape index (κ3) is 5.38. The van der Waals surface area contributed by atoms with E-state index in [1.165, 1.54) is 0 Å². The summed E-state index contributed by atoms with van der Waals surface area (Å²) in [5.74, 6) is 0.211. The zero-order valence-corrected chi connectivity index (χ0v) is 15.7. The van der Waals surface area contributed by atoms with Crippen molar-refractivity contribution in [2.45, 2.75) is 77.8 Å². The van der Waals surface area contributed by atoms with Crippen molar-refractivity contribution in [2.75, 3.05) is 13.2 Å². The van der Waals surface area contributed by atoms with Crippen molar-refractivity contribution in [1.29, 1.82) is 0 Å². The minimum absolute atomic E-state index is 0.0305. The van der Waals surface area contributed by atoms with Gasteiger partial charge in [0.1, 0.15) is 0 Å². The van der Waals surface area contributed by atoms with Crippen molar-refractivity contribution in [3.05, 3.63) is 0 Å². The predicted molar refractivity (Wildman–Crippen MR) is 86.8 cm³/mol. The molecule has 1 saturated heterocycles. The molecule has 0 aliphatic carbocycles. The molecule has 0 spiro atoms. The maximum Gasteiger partial charge on any atom is 0.308 e. The molecule has 0 saturated carbocycles. The number of hydrogen-bond donors (Lipinski definition) is 0. The molecule has 124 valence electrons. The number of rotatable bonds is 6. The first-order valence-corrected chi connectivity index (χ1v) is 10.9. The van der Waals surface area contributed by atoms with Crippen LogP contribution in [0.25, 0.3) is 0 Å². The van der Waals surface area contributed by atoms with Crippen LogP contribution >= 0.6 is 0 Å². The van der Waals surface area contributed by atoms with E-state index in [1.807, 2.05) is 6.92 Å². The van der Waals surface area contributed by atoms with E-state index in [9.17, 15) is 4.79 Å². The Bertz CT molecular complexity index is 349. The van der Waals surface area contributed by atoms with Gasteiger partial charge in [-0.25, -0.2) is 0 Å². The van der Waals surface area contributed by atoms with Crippen LogP contribution in [0.3, 0.4) is 0 Å². The van der Waals surface area contributed by atoms with Gasteiger partial charge in [-0.15, -0.1) is 0 Å². The van der Waals surface area contributed by atoms with Crippen LogP contribution in [0.2, 0.25) is 18.1 Å². The van der Waals surface area contributed by atoms with E-state index in [-0.39, 0.29) is 23.2 Å². The molecule has 0 aromatic heterocycles. The monoisotopic (exact) mass is 316 g/mol. The lowest BCUT2D eigenvalue weighted by molar-refractivity contribution is -0.146. The highest BCUT2D eigenvalue weighted by Gasteiger charge is 2.40. The molecule has 0 radical (unpaired) electrons. The van der Waals surface area contributed by atoms with Crippen molar-refractivity contribution >= 4 is 14.3 Å². The molecule has 0 aromatic rings. The van der Waals surface area contributed by atoms with E-state index in [1.54, 1.807) is 0 Å². The minimum atomic E-state index is -1.73. The number of carbonyl (C=O) groups excluding carboxylic acids is 1. The summed E-state index contributed by atoms with van der Waals surface area (Å²) in [6, 6.07) is 0. The van der Waals surface area contributed by atoms with Gasteiger partial charge in [0.05, 0.1) is 31.8 Å². The Hall–Kier alpha value is -0.393. The molecule has 1 aliphatic rings. The first kappa shape index (κ1) is 18.7. The Morgan fingerprint density at radius 3 is 2.48 bits per heavy atom. The molecule has 3 atom stereocenters. The summed E-state index contributed by atoms with van der Waals surface area (Å²) in [5, 5.41) is 0.210. The van der Waals surface area contributed by atoms with Crippen molar-refractivity contribution in [1.82, 2.24) is 0 Å². The summed E-state index contributed by atoms with van der Waals surface area (Å²) in [6.07, 6.45) is 1.38. The summed E-state index contributed by atoms with van der Waals surface area (Å²) < 4.78 is 17.2. The molecule has 1 fully saturated rings. The lowest BCUT2D eigenvalue weighted by Gasteiger charge is -2.36. The van der Waals surface area contributed by atoms with Crippen molar-refractivity contribution in [3.8, 4) is 0 Å². The molecule has 1 heterocycles. The van der Waals surface area contributed by atoms with Gasteiger partial charge in [-0.3, -0.25) is 4.79 Å². The van der Waals surface area contributed by atoms with Crippen LogP contribution < -0.4 is 0 Å². The number of ether oxygens (including phenoxy) is 2. The normalized spacial score (nSPS) is 26.9. The molecule has 4 nitrogen and oxygen atoms in total. The lowest BCUT2D eigenvalue weighted by Crippen LogP contribution is -2.42. The van der Waals surface area contributed by atoms with Crippen LogP contribution in [0.15, 0.2) is 0 Å². The van der Waals surface area contributed by atoms with Gasteiger partial charge in [-0.05, 0) is 37.4 Å². The van der Waals surface area contributed by atoms with Crippen LogP contribution in [0, 0.1) is 5.92 Å². The van der Waals surface area contributed by atoms with Crippen LogP contribution in [0.1, 0.15) is 47.5 Å². The van der Waals surface area contributed by atoms with Gasteiger partial charge in [-0.2, -0.15) is 0 Å². The third-order valence-electron chi connectivity index (χ3n) is 4.75. The Morgan fingerprint density at radius 1 is 1.33 bits per heavy atom. The number of hydrogen-bond acceptors (Lipinski definition) is 4. The summed E-state index contributed by atoms with van der Waals surface area (Å²) in [5.41, 5.74) is 0. The van der Waals surface area contributed by atoms with Gasteiger partial charge in [-0.1, -0.05) is 27.7 Å². The molecule has 1 aliphatic heterocycles. The van der Waals surface area contributed by atoms with Gasteiger partial charge in [0.15, 0.2) is 8.32 Å². The van der Waals surface area contributed by atoms with E-state index in [2.05, 4.69) is 40.8 Å². The molecule has 0 bridgehead atoms. The highest BCUT2D eigenvalue weighted by molar-refractivity contribution is 6.74. The molecule has 0 N–H and O–H groups in total. The van der Waals surface area contributed by atoms with E-state index < -0.39 is 8.32 Å². The minimum Gasteiger partial charge on any atom is -0.466 e. The third-order valence-corrected chi connectivity index (χ3v) is 9.25. The Balaban J connectivity index is 2.45. The van der Waals surface area contributed by atoms with Gasteiger partial charge in [0.25, 0.3) is 0 Å². The fourth-order valence-corrected chi connectivity index (χ4v) is 3.30. The Morgan fingerprint density at radius 2 is 1.95 bits per heavy atom. The topological polar surface area (TPSA) is 44.8 Å². The van der Waals surface area contributed by atoms with Crippen LogP contribution in [-0.4, -0.2) is 39.7 Å². The maximum absolute atomic E-state index is 11.6. The van der Waals surface area contributed by atoms with Crippen LogP contribution in [0.5, 0.6) is 0 Å². The van der Waals surface area contributed by atoms with Crippen molar-refractivity contribution in [3.63, 3.8) is 0 Å². The average Bonchev–Trinajstić information content (AvgIpc) is 2.66. The van der Waals surface area contributed by atoms with Crippen molar-refractivity contribution in [2.24, 2.45) is 5.92 Å². The lowest BCUT2D eigenvalue weighted by atomic mass is 10.00. The van der Waals surface area contributed by atoms with E-state index in [4.69, 9.17) is 13.9 Å². The molecular formula is C16H32O4Si. The SMILES string of the molecule is CCOC(=O)C[C@@H]1O[C@@H](CO[Si](C)(C)C(C)(C)C)C[C@H]1C. The molecular weight excluding hydrogens is 284 g/mol. The first-order valence-electron chi connectivity index (χ1n) is 8.02.